The first-order chi connectivity index (χ1) is 15.8. The molecule has 1 N–H and O–H groups in total. The van der Waals surface area contributed by atoms with Gasteiger partial charge in [-0.15, -0.1) is 11.8 Å². The van der Waals surface area contributed by atoms with Gasteiger partial charge in [-0.1, -0.05) is 54.6 Å². The molecule has 0 atom stereocenters. The van der Waals surface area contributed by atoms with E-state index in [1.165, 1.54) is 4.90 Å². The summed E-state index contributed by atoms with van der Waals surface area (Å²) in [6.07, 6.45) is 3.48. The Balaban J connectivity index is 0.000000294. The standard InChI is InChI=1S/C19H24N2O.C9H10OS/c1-15(22)21(14-16-8-6-5-7-9-16)19(2,3)17-10-12-18(20-4)13-11-17;1-11-9-4-2-8(3-5-9)6-7-10/h5-13,20H,14H2,1-4H3;2-5,7H,6H2,1H3. The van der Waals surface area contributed by atoms with Crippen LogP contribution in [0.4, 0.5) is 5.69 Å². The number of hydrogen-bond donors (Lipinski definition) is 1. The number of nitrogens with one attached hydrogen (secondary N) is 1. The maximum Gasteiger partial charge on any atom is 0.220 e. The van der Waals surface area contributed by atoms with Crippen molar-refractivity contribution in [2.75, 3.05) is 18.6 Å². The van der Waals surface area contributed by atoms with Crippen LogP contribution < -0.4 is 5.32 Å². The number of rotatable bonds is 8. The smallest absolute Gasteiger partial charge is 0.220 e. The zero-order chi connectivity index (χ0) is 24.3. The lowest BCUT2D eigenvalue weighted by molar-refractivity contribution is -0.135. The van der Waals surface area contributed by atoms with Gasteiger partial charge in [-0.2, -0.15) is 0 Å². The average molecular weight is 463 g/mol. The summed E-state index contributed by atoms with van der Waals surface area (Å²) in [7, 11) is 1.90. The molecule has 3 aromatic rings. The fourth-order valence-electron chi connectivity index (χ4n) is 3.53. The SMILES string of the molecule is CNc1ccc(C(C)(C)N(Cc2ccccc2)C(C)=O)cc1.CSc1ccc(CC=O)cc1. The minimum atomic E-state index is -0.367. The van der Waals surface area contributed by atoms with Crippen molar-refractivity contribution in [3.05, 3.63) is 95.6 Å². The van der Waals surface area contributed by atoms with E-state index in [-0.39, 0.29) is 11.4 Å². The molecule has 1 amide bonds. The quantitative estimate of drug-likeness (QED) is 0.322. The third kappa shape index (κ3) is 7.79. The second kappa shape index (κ2) is 12.9. The summed E-state index contributed by atoms with van der Waals surface area (Å²) in [6, 6.07) is 26.4. The molecular formula is C28H34N2O2S. The molecule has 0 aromatic heterocycles. The number of aldehydes is 1. The van der Waals surface area contributed by atoms with Gasteiger partial charge in [0.2, 0.25) is 5.91 Å². The number of carbonyl (C=O) groups is 2. The zero-order valence-electron chi connectivity index (χ0n) is 20.2. The number of amides is 1. The van der Waals surface area contributed by atoms with Crippen molar-refractivity contribution in [2.24, 2.45) is 0 Å². The largest absolute Gasteiger partial charge is 0.388 e. The van der Waals surface area contributed by atoms with E-state index in [0.29, 0.717) is 13.0 Å². The molecule has 0 aliphatic carbocycles. The van der Waals surface area contributed by atoms with E-state index in [1.54, 1.807) is 18.7 Å². The van der Waals surface area contributed by atoms with Crippen LogP contribution >= 0.6 is 11.8 Å². The molecule has 0 saturated carbocycles. The normalized spacial score (nSPS) is 10.6. The van der Waals surface area contributed by atoms with Crippen LogP contribution in [0.15, 0.2) is 83.8 Å². The van der Waals surface area contributed by atoms with Crippen LogP contribution in [0.5, 0.6) is 0 Å². The molecule has 0 unspecified atom stereocenters. The van der Waals surface area contributed by atoms with E-state index in [2.05, 4.69) is 43.4 Å². The van der Waals surface area contributed by atoms with E-state index in [1.807, 2.05) is 72.8 Å². The van der Waals surface area contributed by atoms with Gasteiger partial charge >= 0.3 is 0 Å². The number of benzene rings is 3. The molecule has 174 valence electrons. The molecule has 33 heavy (non-hydrogen) atoms. The molecule has 0 saturated heterocycles. The fourth-order valence-corrected chi connectivity index (χ4v) is 3.94. The maximum absolute atomic E-state index is 12.2. The van der Waals surface area contributed by atoms with E-state index >= 15 is 0 Å². The van der Waals surface area contributed by atoms with Gasteiger partial charge in [-0.05, 0) is 61.1 Å². The first-order valence-corrected chi connectivity index (χ1v) is 12.2. The molecule has 0 bridgehead atoms. The summed E-state index contributed by atoms with van der Waals surface area (Å²) in [5.41, 5.74) is 4.04. The third-order valence-electron chi connectivity index (χ3n) is 5.60. The number of nitrogens with zero attached hydrogens (tertiary/aromatic N) is 1. The molecule has 0 spiro atoms. The monoisotopic (exact) mass is 462 g/mol. The summed E-state index contributed by atoms with van der Waals surface area (Å²) in [5.74, 6) is 0.0755. The second-order valence-electron chi connectivity index (χ2n) is 8.20. The second-order valence-corrected chi connectivity index (χ2v) is 9.08. The van der Waals surface area contributed by atoms with E-state index < -0.39 is 0 Å². The van der Waals surface area contributed by atoms with E-state index in [4.69, 9.17) is 0 Å². The van der Waals surface area contributed by atoms with Gasteiger partial charge in [0.25, 0.3) is 0 Å². The highest BCUT2D eigenvalue weighted by atomic mass is 32.2. The Kier molecular flexibility index (Phi) is 10.2. The minimum Gasteiger partial charge on any atom is -0.388 e. The van der Waals surface area contributed by atoms with Crippen molar-refractivity contribution in [3.8, 4) is 0 Å². The van der Waals surface area contributed by atoms with Crippen LogP contribution in [0.3, 0.4) is 0 Å². The predicted molar refractivity (Wildman–Crippen MR) is 140 cm³/mol. The van der Waals surface area contributed by atoms with Gasteiger partial charge in [0, 0.05) is 37.5 Å². The Morgan fingerprint density at radius 2 is 1.55 bits per heavy atom. The van der Waals surface area contributed by atoms with Gasteiger partial charge in [-0.3, -0.25) is 4.79 Å². The fraction of sp³-hybridized carbons (Fsp3) is 0.286. The first-order valence-electron chi connectivity index (χ1n) is 11.0. The van der Waals surface area contributed by atoms with Gasteiger partial charge in [0.15, 0.2) is 0 Å². The Bertz CT molecular complexity index is 1000. The van der Waals surface area contributed by atoms with E-state index in [9.17, 15) is 9.59 Å². The van der Waals surface area contributed by atoms with Crippen LogP contribution in [0.1, 0.15) is 37.5 Å². The Morgan fingerprint density at radius 3 is 2.03 bits per heavy atom. The van der Waals surface area contributed by atoms with Crippen molar-refractivity contribution >= 4 is 29.6 Å². The van der Waals surface area contributed by atoms with Crippen molar-refractivity contribution in [1.29, 1.82) is 0 Å². The lowest BCUT2D eigenvalue weighted by Gasteiger charge is -2.39. The molecule has 0 aliphatic rings. The minimum absolute atomic E-state index is 0.0755. The average Bonchev–Trinajstić information content (AvgIpc) is 2.84. The van der Waals surface area contributed by atoms with Crippen molar-refractivity contribution in [1.82, 2.24) is 4.90 Å². The lowest BCUT2D eigenvalue weighted by Crippen LogP contribution is -2.44. The van der Waals surface area contributed by atoms with Gasteiger partial charge in [0.1, 0.15) is 6.29 Å². The Morgan fingerprint density at radius 1 is 0.939 bits per heavy atom. The number of carbonyl (C=O) groups excluding carboxylic acids is 2. The van der Waals surface area contributed by atoms with Crippen LogP contribution in [-0.2, 0) is 28.1 Å². The highest BCUT2D eigenvalue weighted by molar-refractivity contribution is 7.98. The highest BCUT2D eigenvalue weighted by Crippen LogP contribution is 2.30. The van der Waals surface area contributed by atoms with E-state index in [0.717, 1.165) is 28.7 Å². The molecule has 0 radical (unpaired) electrons. The summed E-state index contributed by atoms with van der Waals surface area (Å²) in [5, 5.41) is 3.12. The zero-order valence-corrected chi connectivity index (χ0v) is 21.0. The molecule has 0 heterocycles. The maximum atomic E-state index is 12.2. The molecular weight excluding hydrogens is 428 g/mol. The predicted octanol–water partition coefficient (Wildman–Crippen LogP) is 6.16. The van der Waals surface area contributed by atoms with Crippen molar-refractivity contribution in [3.63, 3.8) is 0 Å². The van der Waals surface area contributed by atoms with Gasteiger partial charge in [0.05, 0.1) is 5.54 Å². The van der Waals surface area contributed by atoms with Gasteiger partial charge < -0.3 is 15.0 Å². The summed E-state index contributed by atoms with van der Waals surface area (Å²) in [4.78, 5) is 25.5. The highest BCUT2D eigenvalue weighted by Gasteiger charge is 2.30. The molecule has 4 nitrogen and oxygen atoms in total. The molecule has 3 aromatic carbocycles. The molecule has 0 fully saturated rings. The van der Waals surface area contributed by atoms with Crippen molar-refractivity contribution < 1.29 is 9.59 Å². The van der Waals surface area contributed by atoms with Gasteiger partial charge in [-0.25, -0.2) is 0 Å². The third-order valence-corrected chi connectivity index (χ3v) is 6.34. The number of hydrogen-bond acceptors (Lipinski definition) is 4. The lowest BCUT2D eigenvalue weighted by atomic mass is 9.91. The van der Waals surface area contributed by atoms with Crippen LogP contribution in [0.2, 0.25) is 0 Å². The Labute approximate surface area is 202 Å². The summed E-state index contributed by atoms with van der Waals surface area (Å²) in [6.45, 7) is 6.42. The Hall–Kier alpha value is -3.05. The first kappa shape index (κ1) is 26.2. The summed E-state index contributed by atoms with van der Waals surface area (Å²) >= 11 is 1.71. The number of anilines is 1. The van der Waals surface area contributed by atoms with Crippen LogP contribution in [0, 0.1) is 0 Å². The number of thioether (sulfide) groups is 1. The molecule has 0 aliphatic heterocycles. The molecule has 3 rings (SSSR count). The van der Waals surface area contributed by atoms with Crippen LogP contribution in [-0.4, -0.2) is 30.4 Å². The van der Waals surface area contributed by atoms with Crippen LogP contribution in [0.25, 0.3) is 0 Å². The summed E-state index contributed by atoms with van der Waals surface area (Å²) < 4.78 is 0. The van der Waals surface area contributed by atoms with Crippen molar-refractivity contribution in [2.45, 2.75) is 44.2 Å². The molecule has 5 heteroatoms. The topological polar surface area (TPSA) is 49.4 Å².